The van der Waals surface area contributed by atoms with Crippen molar-refractivity contribution >= 4 is 0 Å². The molecule has 1 aromatic rings. The molecule has 16 heavy (non-hydrogen) atoms. The van der Waals surface area contributed by atoms with Gasteiger partial charge in [0, 0.05) is 17.6 Å². The van der Waals surface area contributed by atoms with Crippen LogP contribution in [0.25, 0.3) is 0 Å². The SMILES string of the molecule is CCCC(CC)NC(C)c1ccccc1O. The van der Waals surface area contributed by atoms with E-state index in [9.17, 15) is 5.11 Å². The molecule has 2 N–H and O–H groups in total. The summed E-state index contributed by atoms with van der Waals surface area (Å²) >= 11 is 0. The molecule has 2 unspecified atom stereocenters. The van der Waals surface area contributed by atoms with E-state index in [0.29, 0.717) is 11.8 Å². The van der Waals surface area contributed by atoms with E-state index in [-0.39, 0.29) is 6.04 Å². The Balaban J connectivity index is 2.64. The molecule has 1 rings (SSSR count). The van der Waals surface area contributed by atoms with Gasteiger partial charge in [0.25, 0.3) is 0 Å². The number of nitrogens with one attached hydrogen (secondary N) is 1. The van der Waals surface area contributed by atoms with Crippen molar-refractivity contribution in [1.82, 2.24) is 5.32 Å². The molecule has 0 aromatic heterocycles. The zero-order chi connectivity index (χ0) is 12.0. The highest BCUT2D eigenvalue weighted by Gasteiger charge is 2.13. The maximum absolute atomic E-state index is 9.76. The summed E-state index contributed by atoms with van der Waals surface area (Å²) in [6.45, 7) is 6.51. The molecule has 0 aliphatic carbocycles. The van der Waals surface area contributed by atoms with Crippen LogP contribution in [0.1, 0.15) is 51.6 Å². The fourth-order valence-corrected chi connectivity index (χ4v) is 2.05. The number of phenols is 1. The molecule has 2 heteroatoms. The first kappa shape index (κ1) is 13.0. The molecule has 0 bridgehead atoms. The van der Waals surface area contributed by atoms with Gasteiger partial charge in [0.2, 0.25) is 0 Å². The first-order chi connectivity index (χ1) is 7.69. The van der Waals surface area contributed by atoms with Crippen LogP contribution in [0, 0.1) is 0 Å². The Morgan fingerprint density at radius 2 is 1.94 bits per heavy atom. The van der Waals surface area contributed by atoms with Gasteiger partial charge in [-0.3, -0.25) is 0 Å². The third kappa shape index (κ3) is 3.53. The fourth-order valence-electron chi connectivity index (χ4n) is 2.05. The number of phenolic OH excluding ortho intramolecular Hbond substituents is 1. The Labute approximate surface area is 98.7 Å². The molecular formula is C14H23NO. The first-order valence-corrected chi connectivity index (χ1v) is 6.23. The Bertz CT molecular complexity index is 311. The molecule has 90 valence electrons. The predicted molar refractivity (Wildman–Crippen MR) is 68.6 cm³/mol. The van der Waals surface area contributed by atoms with Crippen LogP contribution < -0.4 is 5.32 Å². The van der Waals surface area contributed by atoms with Gasteiger partial charge in [-0.1, -0.05) is 38.5 Å². The van der Waals surface area contributed by atoms with Crippen LogP contribution in [0.2, 0.25) is 0 Å². The molecule has 0 fully saturated rings. The minimum Gasteiger partial charge on any atom is -0.508 e. The van der Waals surface area contributed by atoms with Gasteiger partial charge in [0.05, 0.1) is 0 Å². The lowest BCUT2D eigenvalue weighted by atomic mass is 10.0. The third-order valence-electron chi connectivity index (χ3n) is 3.02. The topological polar surface area (TPSA) is 32.3 Å². The predicted octanol–water partition coefficient (Wildman–Crippen LogP) is 3.62. The van der Waals surface area contributed by atoms with Crippen molar-refractivity contribution < 1.29 is 5.11 Å². The minimum absolute atomic E-state index is 0.206. The van der Waals surface area contributed by atoms with Gasteiger partial charge < -0.3 is 10.4 Å². The normalized spacial score (nSPS) is 14.7. The molecule has 0 heterocycles. The number of hydrogen-bond donors (Lipinski definition) is 2. The summed E-state index contributed by atoms with van der Waals surface area (Å²) in [5.74, 6) is 0.383. The molecule has 2 nitrogen and oxygen atoms in total. The van der Waals surface area contributed by atoms with Gasteiger partial charge >= 0.3 is 0 Å². The van der Waals surface area contributed by atoms with Crippen molar-refractivity contribution in [3.8, 4) is 5.75 Å². The second-order valence-corrected chi connectivity index (χ2v) is 4.34. The highest BCUT2D eigenvalue weighted by atomic mass is 16.3. The van der Waals surface area contributed by atoms with Crippen LogP contribution in [-0.4, -0.2) is 11.1 Å². The van der Waals surface area contributed by atoms with Crippen LogP contribution in [0.4, 0.5) is 0 Å². The van der Waals surface area contributed by atoms with Crippen molar-refractivity contribution in [2.75, 3.05) is 0 Å². The Morgan fingerprint density at radius 1 is 1.25 bits per heavy atom. The average Bonchev–Trinajstić information content (AvgIpc) is 2.28. The Kier molecular flexibility index (Phi) is 5.33. The molecule has 0 aliphatic rings. The van der Waals surface area contributed by atoms with E-state index in [4.69, 9.17) is 0 Å². The molecule has 0 radical (unpaired) electrons. The standard InChI is InChI=1S/C14H23NO/c1-4-8-12(5-2)15-11(3)13-9-6-7-10-14(13)16/h6-7,9-12,15-16H,4-5,8H2,1-3H3. The summed E-state index contributed by atoms with van der Waals surface area (Å²) in [6.07, 6.45) is 3.51. The van der Waals surface area contributed by atoms with Gasteiger partial charge in [-0.2, -0.15) is 0 Å². The van der Waals surface area contributed by atoms with E-state index in [2.05, 4.69) is 26.1 Å². The molecule has 1 aromatic carbocycles. The van der Waals surface area contributed by atoms with Gasteiger partial charge in [-0.15, -0.1) is 0 Å². The van der Waals surface area contributed by atoms with Crippen LogP contribution in [0.3, 0.4) is 0 Å². The summed E-state index contributed by atoms with van der Waals surface area (Å²) in [5.41, 5.74) is 0.983. The minimum atomic E-state index is 0.206. The lowest BCUT2D eigenvalue weighted by Gasteiger charge is -2.22. The maximum atomic E-state index is 9.76. The largest absolute Gasteiger partial charge is 0.508 e. The number of hydrogen-bond acceptors (Lipinski definition) is 2. The fraction of sp³-hybridized carbons (Fsp3) is 0.571. The van der Waals surface area contributed by atoms with Gasteiger partial charge in [-0.05, 0) is 25.8 Å². The highest BCUT2D eigenvalue weighted by molar-refractivity contribution is 5.34. The van der Waals surface area contributed by atoms with Crippen LogP contribution in [0.15, 0.2) is 24.3 Å². The van der Waals surface area contributed by atoms with E-state index < -0.39 is 0 Å². The zero-order valence-corrected chi connectivity index (χ0v) is 10.5. The number of benzene rings is 1. The summed E-state index contributed by atoms with van der Waals surface area (Å²) in [5, 5.41) is 13.3. The summed E-state index contributed by atoms with van der Waals surface area (Å²) in [7, 11) is 0. The van der Waals surface area contributed by atoms with Crippen molar-refractivity contribution in [2.24, 2.45) is 0 Å². The molecule has 0 saturated carbocycles. The number of aromatic hydroxyl groups is 1. The van der Waals surface area contributed by atoms with Gasteiger partial charge in [-0.25, -0.2) is 0 Å². The summed E-state index contributed by atoms with van der Waals surface area (Å²) in [6, 6.07) is 8.29. The van der Waals surface area contributed by atoms with E-state index >= 15 is 0 Å². The van der Waals surface area contributed by atoms with Crippen LogP contribution >= 0.6 is 0 Å². The highest BCUT2D eigenvalue weighted by Crippen LogP contribution is 2.24. The Hall–Kier alpha value is -1.02. The second kappa shape index (κ2) is 6.54. The lowest BCUT2D eigenvalue weighted by molar-refractivity contribution is 0.401. The van der Waals surface area contributed by atoms with Crippen molar-refractivity contribution in [2.45, 2.75) is 52.1 Å². The monoisotopic (exact) mass is 221 g/mol. The quantitative estimate of drug-likeness (QED) is 0.769. The molecule has 0 saturated heterocycles. The van der Waals surface area contributed by atoms with Gasteiger partial charge in [0.1, 0.15) is 5.75 Å². The van der Waals surface area contributed by atoms with Crippen LogP contribution in [0.5, 0.6) is 5.75 Å². The number of rotatable bonds is 6. The maximum Gasteiger partial charge on any atom is 0.120 e. The molecule has 2 atom stereocenters. The van der Waals surface area contributed by atoms with Crippen molar-refractivity contribution in [3.63, 3.8) is 0 Å². The van der Waals surface area contributed by atoms with E-state index in [1.807, 2.05) is 18.2 Å². The number of para-hydroxylation sites is 1. The molecule has 0 aliphatic heterocycles. The smallest absolute Gasteiger partial charge is 0.120 e. The van der Waals surface area contributed by atoms with Crippen molar-refractivity contribution in [1.29, 1.82) is 0 Å². The van der Waals surface area contributed by atoms with Crippen LogP contribution in [-0.2, 0) is 0 Å². The van der Waals surface area contributed by atoms with Crippen molar-refractivity contribution in [3.05, 3.63) is 29.8 Å². The molecular weight excluding hydrogens is 198 g/mol. The first-order valence-electron chi connectivity index (χ1n) is 6.23. The van der Waals surface area contributed by atoms with E-state index in [1.54, 1.807) is 6.07 Å². The second-order valence-electron chi connectivity index (χ2n) is 4.34. The third-order valence-corrected chi connectivity index (χ3v) is 3.02. The lowest BCUT2D eigenvalue weighted by Crippen LogP contribution is -2.30. The molecule has 0 amide bonds. The summed E-state index contributed by atoms with van der Waals surface area (Å²) in [4.78, 5) is 0. The van der Waals surface area contributed by atoms with E-state index in [1.165, 1.54) is 12.8 Å². The zero-order valence-electron chi connectivity index (χ0n) is 10.5. The average molecular weight is 221 g/mol. The van der Waals surface area contributed by atoms with Gasteiger partial charge in [0.15, 0.2) is 0 Å². The summed E-state index contributed by atoms with van der Waals surface area (Å²) < 4.78 is 0. The van der Waals surface area contributed by atoms with E-state index in [0.717, 1.165) is 12.0 Å². The molecule has 0 spiro atoms. The Morgan fingerprint density at radius 3 is 2.50 bits per heavy atom.